The van der Waals surface area contributed by atoms with Gasteiger partial charge in [-0.15, -0.1) is 0 Å². The molecule has 1 aromatic heterocycles. The number of benzene rings is 1. The summed E-state index contributed by atoms with van der Waals surface area (Å²) in [5.41, 5.74) is 0.295. The van der Waals surface area contributed by atoms with Gasteiger partial charge in [-0.1, -0.05) is 0 Å². The van der Waals surface area contributed by atoms with Crippen molar-refractivity contribution >= 4 is 31.9 Å². The molecule has 0 amide bonds. The van der Waals surface area contributed by atoms with Gasteiger partial charge < -0.3 is 0 Å². The molecule has 0 unspecified atom stereocenters. The smallest absolute Gasteiger partial charge is 0.247 e. The second-order valence-corrected chi connectivity index (χ2v) is 6.21. The third-order valence-electron chi connectivity index (χ3n) is 2.30. The summed E-state index contributed by atoms with van der Waals surface area (Å²) in [5, 5.41) is 0. The summed E-state index contributed by atoms with van der Waals surface area (Å²) in [5.74, 6) is -0.560. The van der Waals surface area contributed by atoms with Gasteiger partial charge in [-0.2, -0.15) is 0 Å². The first-order valence-electron chi connectivity index (χ1n) is 5.15. The van der Waals surface area contributed by atoms with Crippen LogP contribution in [0.3, 0.4) is 0 Å². The maximum absolute atomic E-state index is 13.3. The fraction of sp³-hybridized carbons (Fsp3) is 0.0909. The first-order chi connectivity index (χ1) is 8.90. The van der Waals surface area contributed by atoms with Gasteiger partial charge in [0.2, 0.25) is 5.95 Å². The van der Waals surface area contributed by atoms with E-state index in [-0.39, 0.29) is 15.3 Å². The van der Waals surface area contributed by atoms with Gasteiger partial charge >= 0.3 is 0 Å². The summed E-state index contributed by atoms with van der Waals surface area (Å²) < 4.78 is 39.9. The van der Waals surface area contributed by atoms with E-state index in [0.29, 0.717) is 5.56 Å². The summed E-state index contributed by atoms with van der Waals surface area (Å²) in [6, 6.07) is 3.91. The molecule has 1 heterocycles. The quantitative estimate of drug-likeness (QED) is 0.927. The monoisotopic (exact) mass is 345 g/mol. The van der Waals surface area contributed by atoms with E-state index in [1.807, 2.05) is 0 Å². The fourth-order valence-electron chi connectivity index (χ4n) is 1.44. The largest absolute Gasteiger partial charge is 0.264 e. The Labute approximate surface area is 118 Å². The molecule has 5 nitrogen and oxygen atoms in total. The zero-order valence-corrected chi connectivity index (χ0v) is 12.2. The molecule has 2 aromatic rings. The van der Waals surface area contributed by atoms with Gasteiger partial charge in [0.15, 0.2) is 0 Å². The minimum Gasteiger partial charge on any atom is -0.247 e. The molecule has 0 aliphatic rings. The summed E-state index contributed by atoms with van der Waals surface area (Å²) >= 11 is 2.96. The molecule has 0 fully saturated rings. The van der Waals surface area contributed by atoms with E-state index < -0.39 is 15.8 Å². The molecule has 1 aromatic carbocycles. The van der Waals surface area contributed by atoms with Crippen LogP contribution in [-0.4, -0.2) is 18.4 Å². The molecular weight excluding hydrogens is 337 g/mol. The van der Waals surface area contributed by atoms with Crippen LogP contribution in [0.25, 0.3) is 0 Å². The van der Waals surface area contributed by atoms with Crippen molar-refractivity contribution in [3.63, 3.8) is 0 Å². The van der Waals surface area contributed by atoms with Crippen molar-refractivity contribution in [1.29, 1.82) is 0 Å². The summed E-state index contributed by atoms with van der Waals surface area (Å²) in [7, 11) is -3.85. The number of nitrogens with one attached hydrogen (secondary N) is 1. The first kappa shape index (κ1) is 13.9. The van der Waals surface area contributed by atoms with Crippen LogP contribution < -0.4 is 4.72 Å². The van der Waals surface area contributed by atoms with E-state index in [2.05, 4.69) is 30.6 Å². The Morgan fingerprint density at radius 3 is 2.53 bits per heavy atom. The predicted octanol–water partition coefficient (Wildman–Crippen LogP) is 2.49. The summed E-state index contributed by atoms with van der Waals surface area (Å²) in [4.78, 5) is 7.51. The highest BCUT2D eigenvalue weighted by molar-refractivity contribution is 9.10. The van der Waals surface area contributed by atoms with Gasteiger partial charge in [-0.05, 0) is 46.6 Å². The highest BCUT2D eigenvalue weighted by Crippen LogP contribution is 2.24. The van der Waals surface area contributed by atoms with Gasteiger partial charge in [-0.25, -0.2) is 27.5 Å². The Bertz CT molecular complexity index is 707. The van der Waals surface area contributed by atoms with Crippen LogP contribution in [-0.2, 0) is 10.0 Å². The van der Waals surface area contributed by atoms with Gasteiger partial charge in [0.1, 0.15) is 5.82 Å². The molecule has 0 spiro atoms. The Hall–Kier alpha value is -1.54. The van der Waals surface area contributed by atoms with Crippen molar-refractivity contribution < 1.29 is 12.8 Å². The van der Waals surface area contributed by atoms with Crippen LogP contribution in [0.4, 0.5) is 10.3 Å². The maximum atomic E-state index is 13.3. The lowest BCUT2D eigenvalue weighted by molar-refractivity contribution is 0.597. The SMILES string of the molecule is Cc1cc(F)c(Br)cc1S(=O)(=O)Nc1ncccn1. The number of hydrogen-bond donors (Lipinski definition) is 1. The normalized spacial score (nSPS) is 11.3. The zero-order valence-electron chi connectivity index (χ0n) is 9.76. The number of rotatable bonds is 3. The number of nitrogens with zero attached hydrogens (tertiary/aromatic N) is 2. The van der Waals surface area contributed by atoms with Crippen LogP contribution in [0.5, 0.6) is 0 Å². The molecule has 0 atom stereocenters. The van der Waals surface area contributed by atoms with Crippen molar-refractivity contribution in [3.8, 4) is 0 Å². The molecule has 0 aliphatic heterocycles. The molecule has 2 rings (SSSR count). The number of aromatic nitrogens is 2. The molecular formula is C11H9BrFN3O2S. The molecule has 100 valence electrons. The number of hydrogen-bond acceptors (Lipinski definition) is 4. The van der Waals surface area contributed by atoms with E-state index in [9.17, 15) is 12.8 Å². The Balaban J connectivity index is 2.43. The van der Waals surface area contributed by atoms with Gasteiger partial charge in [0, 0.05) is 12.4 Å². The molecule has 19 heavy (non-hydrogen) atoms. The predicted molar refractivity (Wildman–Crippen MR) is 71.7 cm³/mol. The standard InChI is InChI=1S/C11H9BrFN3O2S/c1-7-5-9(13)8(12)6-10(7)19(17,18)16-11-14-3-2-4-15-11/h2-6H,1H3,(H,14,15,16). The van der Waals surface area contributed by atoms with Crippen LogP contribution in [0.15, 0.2) is 40.0 Å². The van der Waals surface area contributed by atoms with Crippen molar-refractivity contribution in [2.45, 2.75) is 11.8 Å². The van der Waals surface area contributed by atoms with Gasteiger partial charge in [0.25, 0.3) is 10.0 Å². The highest BCUT2D eigenvalue weighted by Gasteiger charge is 2.20. The van der Waals surface area contributed by atoms with Crippen LogP contribution in [0, 0.1) is 12.7 Å². The van der Waals surface area contributed by atoms with E-state index in [1.165, 1.54) is 25.4 Å². The molecule has 0 aliphatic carbocycles. The second-order valence-electron chi connectivity index (χ2n) is 3.71. The topological polar surface area (TPSA) is 72.0 Å². The van der Waals surface area contributed by atoms with Crippen molar-refractivity contribution in [2.24, 2.45) is 0 Å². The molecule has 0 radical (unpaired) electrons. The summed E-state index contributed by atoms with van der Waals surface area (Å²) in [6.07, 6.45) is 2.83. The first-order valence-corrected chi connectivity index (χ1v) is 7.43. The third-order valence-corrected chi connectivity index (χ3v) is 4.38. The van der Waals surface area contributed by atoms with Gasteiger partial charge in [-0.3, -0.25) is 0 Å². The molecule has 0 saturated heterocycles. The molecule has 0 bridgehead atoms. The minimum atomic E-state index is -3.85. The van der Waals surface area contributed by atoms with Crippen LogP contribution >= 0.6 is 15.9 Å². The molecule has 8 heteroatoms. The highest BCUT2D eigenvalue weighted by atomic mass is 79.9. The Kier molecular flexibility index (Phi) is 3.81. The van der Waals surface area contributed by atoms with E-state index in [4.69, 9.17) is 0 Å². The van der Waals surface area contributed by atoms with E-state index in [1.54, 1.807) is 6.07 Å². The van der Waals surface area contributed by atoms with Crippen molar-refractivity contribution in [2.75, 3.05) is 4.72 Å². The number of aryl methyl sites for hydroxylation is 1. The number of sulfonamides is 1. The molecule has 1 N–H and O–H groups in total. The van der Waals surface area contributed by atoms with Crippen molar-refractivity contribution in [1.82, 2.24) is 9.97 Å². The van der Waals surface area contributed by atoms with Gasteiger partial charge in [0.05, 0.1) is 9.37 Å². The van der Waals surface area contributed by atoms with Crippen LogP contribution in [0.2, 0.25) is 0 Å². The fourth-order valence-corrected chi connectivity index (χ4v) is 3.15. The minimum absolute atomic E-state index is 0.0340. The second kappa shape index (κ2) is 5.22. The lowest BCUT2D eigenvalue weighted by Crippen LogP contribution is -2.16. The summed E-state index contributed by atoms with van der Waals surface area (Å²) in [6.45, 7) is 1.51. The third kappa shape index (κ3) is 3.07. The van der Waals surface area contributed by atoms with E-state index >= 15 is 0 Å². The zero-order chi connectivity index (χ0) is 14.0. The molecule has 0 saturated carbocycles. The number of anilines is 1. The average Bonchev–Trinajstić information content (AvgIpc) is 2.34. The Morgan fingerprint density at radius 1 is 1.26 bits per heavy atom. The average molecular weight is 346 g/mol. The lowest BCUT2D eigenvalue weighted by atomic mass is 10.2. The Morgan fingerprint density at radius 2 is 1.89 bits per heavy atom. The van der Waals surface area contributed by atoms with Crippen molar-refractivity contribution in [3.05, 3.63) is 46.4 Å². The number of halogens is 2. The lowest BCUT2D eigenvalue weighted by Gasteiger charge is -2.09. The van der Waals surface area contributed by atoms with Crippen LogP contribution in [0.1, 0.15) is 5.56 Å². The maximum Gasteiger partial charge on any atom is 0.264 e. The van der Waals surface area contributed by atoms with E-state index in [0.717, 1.165) is 6.07 Å².